The zero-order valence-electron chi connectivity index (χ0n) is 9.17. The number of halogens is 3. The summed E-state index contributed by atoms with van der Waals surface area (Å²) in [5.74, 6) is 2.71. The number of rotatable bonds is 3. The van der Waals surface area contributed by atoms with Crippen LogP contribution in [0.15, 0.2) is 22.7 Å². The van der Waals surface area contributed by atoms with Gasteiger partial charge in [0.25, 0.3) is 6.43 Å². The molecule has 0 saturated carbocycles. The van der Waals surface area contributed by atoms with Crippen molar-refractivity contribution in [1.82, 2.24) is 0 Å². The van der Waals surface area contributed by atoms with E-state index in [4.69, 9.17) is 4.74 Å². The van der Waals surface area contributed by atoms with Crippen LogP contribution < -0.4 is 4.74 Å². The molecule has 1 heterocycles. The van der Waals surface area contributed by atoms with Crippen molar-refractivity contribution in [2.24, 2.45) is 0 Å². The highest BCUT2D eigenvalue weighted by molar-refractivity contribution is 9.10. The molecule has 1 aliphatic rings. The molecule has 5 heteroatoms. The number of hydrogen-bond acceptors (Lipinski definition) is 2. The minimum absolute atomic E-state index is 0.00677. The van der Waals surface area contributed by atoms with E-state index in [1.165, 1.54) is 6.07 Å². The van der Waals surface area contributed by atoms with Gasteiger partial charge >= 0.3 is 0 Å². The molecule has 1 fully saturated rings. The lowest BCUT2D eigenvalue weighted by Crippen LogP contribution is -2.22. The fourth-order valence-electron chi connectivity index (χ4n) is 1.75. The number of thioether (sulfide) groups is 1. The Morgan fingerprint density at radius 1 is 1.29 bits per heavy atom. The maximum Gasteiger partial charge on any atom is 0.265 e. The third-order valence-electron chi connectivity index (χ3n) is 2.67. The molecule has 1 nitrogen and oxygen atoms in total. The lowest BCUT2D eigenvalue weighted by Gasteiger charge is -2.23. The molecule has 1 aliphatic heterocycles. The average Bonchev–Trinajstić information content (AvgIpc) is 2.32. The predicted molar refractivity (Wildman–Crippen MR) is 70.1 cm³/mol. The topological polar surface area (TPSA) is 9.23 Å². The zero-order valence-corrected chi connectivity index (χ0v) is 11.6. The van der Waals surface area contributed by atoms with E-state index in [1.807, 2.05) is 11.8 Å². The van der Waals surface area contributed by atoms with Gasteiger partial charge in [-0.15, -0.1) is 0 Å². The highest BCUT2D eigenvalue weighted by atomic mass is 79.9. The van der Waals surface area contributed by atoms with Crippen molar-refractivity contribution in [2.75, 3.05) is 11.5 Å². The summed E-state index contributed by atoms with van der Waals surface area (Å²) in [5, 5.41) is 0. The zero-order chi connectivity index (χ0) is 12.3. The molecule has 0 aromatic heterocycles. The van der Waals surface area contributed by atoms with Gasteiger partial charge in [0.2, 0.25) is 0 Å². The van der Waals surface area contributed by atoms with Crippen molar-refractivity contribution in [3.8, 4) is 5.75 Å². The monoisotopic (exact) mass is 322 g/mol. The predicted octanol–water partition coefficient (Wildman–Crippen LogP) is 4.66. The van der Waals surface area contributed by atoms with E-state index >= 15 is 0 Å². The van der Waals surface area contributed by atoms with Crippen LogP contribution in [0, 0.1) is 0 Å². The van der Waals surface area contributed by atoms with Crippen LogP contribution in [0.3, 0.4) is 0 Å². The molecular formula is C12H13BrF2OS. The lowest BCUT2D eigenvalue weighted by molar-refractivity contribution is 0.148. The normalized spacial score (nSPS) is 17.4. The van der Waals surface area contributed by atoms with E-state index in [0.717, 1.165) is 24.3 Å². The SMILES string of the molecule is FC(F)c1cc(OC2CCSCC2)ccc1Br. The van der Waals surface area contributed by atoms with Crippen molar-refractivity contribution < 1.29 is 13.5 Å². The first kappa shape index (κ1) is 13.1. The Bertz CT molecular complexity index is 381. The molecule has 1 aromatic rings. The van der Waals surface area contributed by atoms with Crippen LogP contribution >= 0.6 is 27.7 Å². The first-order valence-corrected chi connectivity index (χ1v) is 7.43. The maximum absolute atomic E-state index is 12.7. The fraction of sp³-hybridized carbons (Fsp3) is 0.500. The molecule has 0 spiro atoms. The summed E-state index contributed by atoms with van der Waals surface area (Å²) >= 11 is 5.03. The Balaban J connectivity index is 2.07. The second-order valence-electron chi connectivity index (χ2n) is 3.91. The Morgan fingerprint density at radius 2 is 2.00 bits per heavy atom. The van der Waals surface area contributed by atoms with Gasteiger partial charge in [-0.2, -0.15) is 11.8 Å². The molecule has 0 bridgehead atoms. The Morgan fingerprint density at radius 3 is 2.65 bits per heavy atom. The quantitative estimate of drug-likeness (QED) is 0.800. The van der Waals surface area contributed by atoms with E-state index in [9.17, 15) is 8.78 Å². The van der Waals surface area contributed by atoms with Crippen molar-refractivity contribution in [3.63, 3.8) is 0 Å². The number of ether oxygens (including phenoxy) is 1. The maximum atomic E-state index is 12.7. The fourth-order valence-corrected chi connectivity index (χ4v) is 3.23. The van der Waals surface area contributed by atoms with Gasteiger partial charge in [-0.25, -0.2) is 8.78 Å². The highest BCUT2D eigenvalue weighted by Gasteiger charge is 2.17. The van der Waals surface area contributed by atoms with E-state index in [2.05, 4.69) is 15.9 Å². The minimum atomic E-state index is -2.48. The molecule has 17 heavy (non-hydrogen) atoms. The van der Waals surface area contributed by atoms with Crippen LogP contribution in [0.2, 0.25) is 0 Å². The molecule has 94 valence electrons. The molecule has 1 aromatic carbocycles. The van der Waals surface area contributed by atoms with Crippen LogP contribution in [0.25, 0.3) is 0 Å². The smallest absolute Gasteiger partial charge is 0.265 e. The molecule has 0 N–H and O–H groups in total. The van der Waals surface area contributed by atoms with Gasteiger partial charge in [0.15, 0.2) is 0 Å². The summed E-state index contributed by atoms with van der Waals surface area (Å²) < 4.78 is 31.6. The second-order valence-corrected chi connectivity index (χ2v) is 5.99. The van der Waals surface area contributed by atoms with Crippen molar-refractivity contribution >= 4 is 27.7 Å². The van der Waals surface area contributed by atoms with Crippen LogP contribution in [0.4, 0.5) is 8.78 Å². The van der Waals surface area contributed by atoms with Gasteiger partial charge in [-0.3, -0.25) is 0 Å². The summed E-state index contributed by atoms with van der Waals surface area (Å²) in [6, 6.07) is 4.78. The Kier molecular flexibility index (Phi) is 4.68. The van der Waals surface area contributed by atoms with Crippen molar-refractivity contribution in [1.29, 1.82) is 0 Å². The van der Waals surface area contributed by atoms with Gasteiger partial charge in [-0.1, -0.05) is 15.9 Å². The third-order valence-corrected chi connectivity index (χ3v) is 4.44. The molecule has 1 saturated heterocycles. The number of benzene rings is 1. The Labute approximate surface area is 112 Å². The van der Waals surface area contributed by atoms with E-state index in [-0.39, 0.29) is 11.7 Å². The first-order chi connectivity index (χ1) is 8.16. The highest BCUT2D eigenvalue weighted by Crippen LogP contribution is 2.32. The van der Waals surface area contributed by atoms with Crippen LogP contribution in [0.1, 0.15) is 24.8 Å². The molecular weight excluding hydrogens is 310 g/mol. The van der Waals surface area contributed by atoms with Crippen LogP contribution in [-0.2, 0) is 0 Å². The van der Waals surface area contributed by atoms with Crippen molar-refractivity contribution in [3.05, 3.63) is 28.2 Å². The first-order valence-electron chi connectivity index (χ1n) is 5.49. The van der Waals surface area contributed by atoms with Gasteiger partial charge in [-0.05, 0) is 42.5 Å². The summed E-state index contributed by atoms with van der Waals surface area (Å²) in [7, 11) is 0. The minimum Gasteiger partial charge on any atom is -0.490 e. The van der Waals surface area contributed by atoms with E-state index in [0.29, 0.717) is 10.2 Å². The molecule has 0 unspecified atom stereocenters. The summed E-state index contributed by atoms with van der Waals surface area (Å²) in [6.45, 7) is 0. The second kappa shape index (κ2) is 6.05. The van der Waals surface area contributed by atoms with Gasteiger partial charge in [0.05, 0.1) is 0 Å². The molecule has 2 rings (SSSR count). The third kappa shape index (κ3) is 3.58. The number of hydrogen-bond donors (Lipinski definition) is 0. The molecule has 0 atom stereocenters. The Hall–Kier alpha value is -0.290. The molecule has 0 amide bonds. The molecule has 0 aliphatic carbocycles. The van der Waals surface area contributed by atoms with Crippen molar-refractivity contribution in [2.45, 2.75) is 25.4 Å². The van der Waals surface area contributed by atoms with Gasteiger partial charge < -0.3 is 4.74 Å². The standard InChI is InChI=1S/C12H13BrF2OS/c13-11-2-1-9(7-10(11)12(14)15)16-8-3-5-17-6-4-8/h1-2,7-8,12H,3-6H2. The summed E-state index contributed by atoms with van der Waals surface area (Å²) in [4.78, 5) is 0. The van der Waals surface area contributed by atoms with Gasteiger partial charge in [0, 0.05) is 10.0 Å². The van der Waals surface area contributed by atoms with Gasteiger partial charge in [0.1, 0.15) is 11.9 Å². The summed E-state index contributed by atoms with van der Waals surface area (Å²) in [6.07, 6.45) is -0.326. The largest absolute Gasteiger partial charge is 0.490 e. The van der Waals surface area contributed by atoms with E-state index in [1.54, 1.807) is 12.1 Å². The van der Waals surface area contributed by atoms with Crippen LogP contribution in [-0.4, -0.2) is 17.6 Å². The van der Waals surface area contributed by atoms with E-state index < -0.39 is 6.43 Å². The summed E-state index contributed by atoms with van der Waals surface area (Å²) in [5.41, 5.74) is -0.00677. The number of alkyl halides is 2. The average molecular weight is 323 g/mol. The lowest BCUT2D eigenvalue weighted by atomic mass is 10.2. The molecule has 0 radical (unpaired) electrons. The van der Waals surface area contributed by atoms with Crippen LogP contribution in [0.5, 0.6) is 5.75 Å².